The number of rotatable bonds is 5. The van der Waals surface area contributed by atoms with Crippen molar-refractivity contribution in [2.75, 3.05) is 0 Å². The lowest BCUT2D eigenvalue weighted by atomic mass is 10.1. The van der Waals surface area contributed by atoms with Gasteiger partial charge in [-0.1, -0.05) is 30.3 Å². The van der Waals surface area contributed by atoms with Gasteiger partial charge in [0, 0.05) is 0 Å². The van der Waals surface area contributed by atoms with Gasteiger partial charge in [-0.25, -0.2) is 4.39 Å². The van der Waals surface area contributed by atoms with Crippen LogP contribution in [0.25, 0.3) is 0 Å². The minimum atomic E-state index is -1.28. The summed E-state index contributed by atoms with van der Waals surface area (Å²) >= 11 is 3.18. The van der Waals surface area contributed by atoms with Crippen molar-refractivity contribution in [2.45, 2.75) is 12.6 Å². The quantitative estimate of drug-likeness (QED) is 0.865. The van der Waals surface area contributed by atoms with Gasteiger partial charge >= 0.3 is 5.97 Å². The van der Waals surface area contributed by atoms with Gasteiger partial charge in [0.25, 0.3) is 0 Å². The second-order valence-corrected chi connectivity index (χ2v) is 5.26. The number of hydrogen-bond donors (Lipinski definition) is 2. The number of benzene rings is 2. The van der Waals surface area contributed by atoms with Crippen molar-refractivity contribution < 1.29 is 19.0 Å². The predicted octanol–water partition coefficient (Wildman–Crippen LogP) is 3.25. The average molecular weight is 354 g/mol. The van der Waals surface area contributed by atoms with E-state index in [-0.39, 0.29) is 17.9 Å². The maximum atomic E-state index is 14.0. The van der Waals surface area contributed by atoms with Gasteiger partial charge in [-0.3, -0.25) is 4.79 Å². The zero-order valence-corrected chi connectivity index (χ0v) is 12.5. The van der Waals surface area contributed by atoms with E-state index in [0.29, 0.717) is 4.47 Å². The van der Waals surface area contributed by atoms with Crippen molar-refractivity contribution >= 4 is 21.9 Å². The van der Waals surface area contributed by atoms with Crippen LogP contribution in [-0.4, -0.2) is 11.1 Å². The fourth-order valence-corrected chi connectivity index (χ4v) is 2.34. The van der Waals surface area contributed by atoms with E-state index in [2.05, 4.69) is 15.9 Å². The van der Waals surface area contributed by atoms with Gasteiger partial charge in [0.05, 0.1) is 4.47 Å². The summed E-state index contributed by atoms with van der Waals surface area (Å²) in [5, 5.41) is 8.84. The molecule has 2 rings (SSSR count). The zero-order chi connectivity index (χ0) is 15.4. The van der Waals surface area contributed by atoms with Crippen LogP contribution in [0.5, 0.6) is 5.75 Å². The van der Waals surface area contributed by atoms with Crippen LogP contribution in [-0.2, 0) is 11.4 Å². The summed E-state index contributed by atoms with van der Waals surface area (Å²) in [6.07, 6.45) is 0. The van der Waals surface area contributed by atoms with Crippen molar-refractivity contribution in [3.63, 3.8) is 0 Å². The third-order valence-electron chi connectivity index (χ3n) is 2.87. The molecule has 0 saturated carbocycles. The number of halogens is 2. The molecule has 0 fully saturated rings. The Morgan fingerprint density at radius 2 is 2.00 bits per heavy atom. The summed E-state index contributed by atoms with van der Waals surface area (Å²) in [4.78, 5) is 10.8. The number of carbonyl (C=O) groups is 1. The minimum absolute atomic E-state index is 0.0280. The number of carboxylic acid groups (broad SMARTS) is 1. The second kappa shape index (κ2) is 6.69. The Labute approximate surface area is 129 Å². The first-order chi connectivity index (χ1) is 9.99. The van der Waals surface area contributed by atoms with E-state index < -0.39 is 17.8 Å². The number of carboxylic acids is 1. The van der Waals surface area contributed by atoms with Crippen LogP contribution in [0.3, 0.4) is 0 Å². The third-order valence-corrected chi connectivity index (χ3v) is 3.46. The Morgan fingerprint density at radius 3 is 2.57 bits per heavy atom. The minimum Gasteiger partial charge on any atom is -0.485 e. The molecule has 0 aromatic heterocycles. The molecular weight excluding hydrogens is 341 g/mol. The summed E-state index contributed by atoms with van der Waals surface area (Å²) < 4.78 is 19.8. The Hall–Kier alpha value is -1.92. The molecule has 1 unspecified atom stereocenters. The van der Waals surface area contributed by atoms with Crippen molar-refractivity contribution in [3.8, 4) is 5.75 Å². The number of aliphatic carboxylic acids is 1. The fourth-order valence-electron chi connectivity index (χ4n) is 1.77. The lowest BCUT2D eigenvalue weighted by molar-refractivity contribution is -0.138. The first kappa shape index (κ1) is 15.5. The van der Waals surface area contributed by atoms with E-state index >= 15 is 0 Å². The van der Waals surface area contributed by atoms with Gasteiger partial charge in [-0.15, -0.1) is 0 Å². The molecule has 0 spiro atoms. The van der Waals surface area contributed by atoms with Gasteiger partial charge in [0.15, 0.2) is 11.6 Å². The van der Waals surface area contributed by atoms with E-state index in [1.807, 2.05) is 30.3 Å². The van der Waals surface area contributed by atoms with Crippen molar-refractivity contribution in [2.24, 2.45) is 5.73 Å². The largest absolute Gasteiger partial charge is 0.485 e. The zero-order valence-electron chi connectivity index (χ0n) is 10.9. The maximum Gasteiger partial charge on any atom is 0.325 e. The van der Waals surface area contributed by atoms with Crippen molar-refractivity contribution in [1.82, 2.24) is 0 Å². The number of hydrogen-bond acceptors (Lipinski definition) is 3. The Balaban J connectivity index is 2.19. The molecule has 0 aliphatic rings. The van der Waals surface area contributed by atoms with E-state index in [1.54, 1.807) is 0 Å². The van der Waals surface area contributed by atoms with Crippen LogP contribution in [0.15, 0.2) is 46.9 Å². The smallest absolute Gasteiger partial charge is 0.325 e. The predicted molar refractivity (Wildman–Crippen MR) is 79.4 cm³/mol. The normalized spacial score (nSPS) is 12.0. The molecular formula is C15H13BrFNO3. The lowest BCUT2D eigenvalue weighted by Gasteiger charge is -2.13. The summed E-state index contributed by atoms with van der Waals surface area (Å²) in [7, 11) is 0. The van der Waals surface area contributed by atoms with E-state index in [4.69, 9.17) is 15.6 Å². The molecule has 0 aliphatic heterocycles. The van der Waals surface area contributed by atoms with Gasteiger partial charge in [-0.2, -0.15) is 0 Å². The van der Waals surface area contributed by atoms with Gasteiger partial charge in [-0.05, 0) is 39.2 Å². The summed E-state index contributed by atoms with van der Waals surface area (Å²) in [6, 6.07) is 10.6. The second-order valence-electron chi connectivity index (χ2n) is 4.40. The van der Waals surface area contributed by atoms with E-state index in [9.17, 15) is 9.18 Å². The summed E-state index contributed by atoms with van der Waals surface area (Å²) in [6.45, 7) is 0.209. The van der Waals surface area contributed by atoms with Crippen LogP contribution >= 0.6 is 15.9 Å². The molecule has 21 heavy (non-hydrogen) atoms. The standard InChI is InChI=1S/C15H13BrFNO3/c16-11-6-10(13(18)15(19)20)7-12(17)14(11)21-8-9-4-2-1-3-5-9/h1-7,13H,8,18H2,(H,19,20). The molecule has 2 aromatic carbocycles. The van der Waals surface area contributed by atoms with Gasteiger partial charge in [0.1, 0.15) is 12.6 Å². The molecule has 2 aromatic rings. The highest BCUT2D eigenvalue weighted by molar-refractivity contribution is 9.10. The first-order valence-electron chi connectivity index (χ1n) is 6.13. The van der Waals surface area contributed by atoms with Crippen LogP contribution < -0.4 is 10.5 Å². The van der Waals surface area contributed by atoms with E-state index in [1.165, 1.54) is 6.07 Å². The molecule has 0 radical (unpaired) electrons. The van der Waals surface area contributed by atoms with Crippen LogP contribution in [0, 0.1) is 5.82 Å². The molecule has 0 bridgehead atoms. The summed E-state index contributed by atoms with van der Waals surface area (Å²) in [5.74, 6) is -1.86. The Kier molecular flexibility index (Phi) is 4.93. The topological polar surface area (TPSA) is 72.6 Å². The van der Waals surface area contributed by atoms with Crippen LogP contribution in [0.4, 0.5) is 4.39 Å². The molecule has 1 atom stereocenters. The molecule has 0 amide bonds. The van der Waals surface area contributed by atoms with Gasteiger partial charge in [0.2, 0.25) is 0 Å². The summed E-state index contributed by atoms with van der Waals surface area (Å²) in [5.41, 5.74) is 6.53. The highest BCUT2D eigenvalue weighted by atomic mass is 79.9. The van der Waals surface area contributed by atoms with Crippen LogP contribution in [0.2, 0.25) is 0 Å². The fraction of sp³-hybridized carbons (Fsp3) is 0.133. The van der Waals surface area contributed by atoms with E-state index in [0.717, 1.165) is 11.6 Å². The highest BCUT2D eigenvalue weighted by Crippen LogP contribution is 2.32. The number of ether oxygens (including phenoxy) is 1. The molecule has 6 heteroatoms. The van der Waals surface area contributed by atoms with Crippen molar-refractivity contribution in [1.29, 1.82) is 0 Å². The third kappa shape index (κ3) is 3.80. The monoisotopic (exact) mass is 353 g/mol. The molecule has 4 nitrogen and oxygen atoms in total. The first-order valence-corrected chi connectivity index (χ1v) is 6.92. The van der Waals surface area contributed by atoms with Gasteiger partial charge < -0.3 is 15.6 Å². The molecule has 0 saturated heterocycles. The SMILES string of the molecule is NC(C(=O)O)c1cc(F)c(OCc2ccccc2)c(Br)c1. The molecule has 0 heterocycles. The molecule has 3 N–H and O–H groups in total. The highest BCUT2D eigenvalue weighted by Gasteiger charge is 2.19. The number of nitrogens with two attached hydrogens (primary N) is 1. The Bertz CT molecular complexity index is 626. The Morgan fingerprint density at radius 1 is 1.33 bits per heavy atom. The maximum absolute atomic E-state index is 14.0. The van der Waals surface area contributed by atoms with Crippen LogP contribution in [0.1, 0.15) is 17.2 Å². The van der Waals surface area contributed by atoms with Crippen molar-refractivity contribution in [3.05, 3.63) is 63.9 Å². The molecule has 0 aliphatic carbocycles. The average Bonchev–Trinajstić information content (AvgIpc) is 2.46. The molecule has 110 valence electrons. The lowest BCUT2D eigenvalue weighted by Crippen LogP contribution is -2.20.